The highest BCUT2D eigenvalue weighted by atomic mass is 14.7. The molecule has 0 bridgehead atoms. The number of hydrogen-bond donors (Lipinski definition) is 2. The van der Waals surface area contributed by atoms with Gasteiger partial charge in [-0.3, -0.25) is 0 Å². The normalized spacial score (nSPS) is 39.7. The van der Waals surface area contributed by atoms with Crippen LogP contribution in [0, 0.1) is 41.4 Å². The standard InChI is InChI=1S/C26H44N2/c1-6-10-19-14-23(15-20(11-7-2)25(19)27)18(5)24-16-21(12-8-3)26(28)22(17-24)13-9-4/h6-9,18-26H,1-4,10-17,27-28H2,5H3. The van der Waals surface area contributed by atoms with Gasteiger partial charge in [0.25, 0.3) is 0 Å². The summed E-state index contributed by atoms with van der Waals surface area (Å²) in [6, 6.07) is 0.558. The molecule has 2 rings (SSSR count). The summed E-state index contributed by atoms with van der Waals surface area (Å²) in [5.74, 6) is 4.42. The molecular formula is C26H44N2. The molecule has 0 amide bonds. The molecule has 28 heavy (non-hydrogen) atoms. The zero-order valence-corrected chi connectivity index (χ0v) is 18.1. The Morgan fingerprint density at radius 3 is 1.11 bits per heavy atom. The summed E-state index contributed by atoms with van der Waals surface area (Å²) in [6.07, 6.45) is 17.3. The maximum atomic E-state index is 6.64. The second kappa shape index (κ2) is 11.2. The largest absolute Gasteiger partial charge is 0.327 e. The average Bonchev–Trinajstić information content (AvgIpc) is 2.68. The van der Waals surface area contributed by atoms with Gasteiger partial charge in [-0.1, -0.05) is 31.2 Å². The van der Waals surface area contributed by atoms with Crippen LogP contribution < -0.4 is 11.5 Å². The first-order valence-corrected chi connectivity index (χ1v) is 11.4. The predicted molar refractivity (Wildman–Crippen MR) is 124 cm³/mol. The highest BCUT2D eigenvalue weighted by Crippen LogP contribution is 2.47. The van der Waals surface area contributed by atoms with Crippen molar-refractivity contribution >= 4 is 0 Å². The second-order valence-electron chi connectivity index (χ2n) is 9.61. The van der Waals surface area contributed by atoms with Crippen LogP contribution in [0.2, 0.25) is 0 Å². The van der Waals surface area contributed by atoms with Gasteiger partial charge in [0.1, 0.15) is 0 Å². The van der Waals surface area contributed by atoms with Gasteiger partial charge in [-0.15, -0.1) is 26.3 Å². The van der Waals surface area contributed by atoms with Gasteiger partial charge in [0.05, 0.1) is 0 Å². The van der Waals surface area contributed by atoms with E-state index in [1.165, 1.54) is 25.7 Å². The molecule has 4 atom stereocenters. The zero-order chi connectivity index (χ0) is 20.7. The summed E-state index contributed by atoms with van der Waals surface area (Å²) in [5.41, 5.74) is 13.3. The number of nitrogens with two attached hydrogens (primary N) is 2. The first kappa shape index (κ1) is 23.2. The van der Waals surface area contributed by atoms with E-state index >= 15 is 0 Å². The Balaban J connectivity index is 2.15. The van der Waals surface area contributed by atoms with Gasteiger partial charge < -0.3 is 11.5 Å². The van der Waals surface area contributed by atoms with Gasteiger partial charge in [0, 0.05) is 12.1 Å². The SMILES string of the molecule is C=CCC1CC(C(C)C2CC(CC=C)C(N)C(CC=C)C2)CC(CC=C)C1N. The van der Waals surface area contributed by atoms with Crippen molar-refractivity contribution in [2.45, 2.75) is 70.4 Å². The molecule has 0 aromatic rings. The first-order valence-electron chi connectivity index (χ1n) is 11.4. The first-order chi connectivity index (χ1) is 13.5. The van der Waals surface area contributed by atoms with Crippen molar-refractivity contribution in [3.63, 3.8) is 0 Å². The molecule has 2 aliphatic carbocycles. The van der Waals surface area contributed by atoms with E-state index in [2.05, 4.69) is 57.5 Å². The summed E-state index contributed by atoms with van der Waals surface area (Å²) in [4.78, 5) is 0. The molecule has 2 aliphatic rings. The zero-order valence-electron chi connectivity index (χ0n) is 18.1. The minimum atomic E-state index is 0.279. The molecule has 2 fully saturated rings. The van der Waals surface area contributed by atoms with Crippen LogP contribution in [0.1, 0.15) is 58.3 Å². The van der Waals surface area contributed by atoms with E-state index in [-0.39, 0.29) is 12.1 Å². The molecule has 0 saturated heterocycles. The summed E-state index contributed by atoms with van der Waals surface area (Å²) >= 11 is 0. The molecule has 2 nitrogen and oxygen atoms in total. The van der Waals surface area contributed by atoms with Crippen LogP contribution in [-0.4, -0.2) is 12.1 Å². The van der Waals surface area contributed by atoms with E-state index in [1.54, 1.807) is 0 Å². The predicted octanol–water partition coefficient (Wildman–Crippen LogP) is 5.87. The van der Waals surface area contributed by atoms with Crippen molar-refractivity contribution in [3.8, 4) is 0 Å². The lowest BCUT2D eigenvalue weighted by atomic mass is 9.60. The quantitative estimate of drug-likeness (QED) is 0.463. The molecule has 2 saturated carbocycles. The average molecular weight is 385 g/mol. The van der Waals surface area contributed by atoms with Crippen LogP contribution in [0.5, 0.6) is 0 Å². The third kappa shape index (κ3) is 5.48. The van der Waals surface area contributed by atoms with Gasteiger partial charge in [-0.2, -0.15) is 0 Å². The fraction of sp³-hybridized carbons (Fsp3) is 0.692. The van der Waals surface area contributed by atoms with Crippen molar-refractivity contribution in [2.24, 2.45) is 52.9 Å². The van der Waals surface area contributed by atoms with E-state index < -0.39 is 0 Å². The Bertz CT molecular complexity index is 439. The number of rotatable bonds is 10. The van der Waals surface area contributed by atoms with Gasteiger partial charge in [-0.05, 0) is 92.8 Å². The van der Waals surface area contributed by atoms with E-state index in [1.807, 2.05) is 0 Å². The smallest absolute Gasteiger partial charge is 0.0102 e. The summed E-state index contributed by atoms with van der Waals surface area (Å²) in [6.45, 7) is 18.4. The van der Waals surface area contributed by atoms with Gasteiger partial charge in [-0.25, -0.2) is 0 Å². The Hall–Kier alpha value is -1.12. The summed E-state index contributed by atoms with van der Waals surface area (Å²) < 4.78 is 0. The van der Waals surface area contributed by atoms with Crippen LogP contribution in [-0.2, 0) is 0 Å². The van der Waals surface area contributed by atoms with Crippen LogP contribution >= 0.6 is 0 Å². The fourth-order valence-electron chi connectivity index (χ4n) is 6.26. The minimum absolute atomic E-state index is 0.279. The number of hydrogen-bond acceptors (Lipinski definition) is 2. The van der Waals surface area contributed by atoms with E-state index in [0.29, 0.717) is 29.6 Å². The molecule has 0 radical (unpaired) electrons. The Kier molecular flexibility index (Phi) is 9.24. The highest BCUT2D eigenvalue weighted by molar-refractivity contribution is 4.99. The maximum absolute atomic E-state index is 6.64. The van der Waals surface area contributed by atoms with Crippen molar-refractivity contribution < 1.29 is 0 Å². The van der Waals surface area contributed by atoms with Crippen LogP contribution in [0.3, 0.4) is 0 Å². The van der Waals surface area contributed by atoms with E-state index in [4.69, 9.17) is 11.5 Å². The van der Waals surface area contributed by atoms with Gasteiger partial charge >= 0.3 is 0 Å². The van der Waals surface area contributed by atoms with Crippen molar-refractivity contribution in [1.29, 1.82) is 0 Å². The Labute approximate surface area is 174 Å². The Morgan fingerprint density at radius 1 is 0.643 bits per heavy atom. The van der Waals surface area contributed by atoms with Crippen LogP contribution in [0.4, 0.5) is 0 Å². The lowest BCUT2D eigenvalue weighted by molar-refractivity contribution is 0.0547. The highest BCUT2D eigenvalue weighted by Gasteiger charge is 2.42. The monoisotopic (exact) mass is 384 g/mol. The Morgan fingerprint density at radius 2 is 0.893 bits per heavy atom. The van der Waals surface area contributed by atoms with Crippen LogP contribution in [0.25, 0.3) is 0 Å². The molecular weight excluding hydrogens is 340 g/mol. The van der Waals surface area contributed by atoms with Gasteiger partial charge in [0.2, 0.25) is 0 Å². The molecule has 0 heterocycles. The summed E-state index contributed by atoms with van der Waals surface area (Å²) in [5, 5.41) is 0. The van der Waals surface area contributed by atoms with Gasteiger partial charge in [0.15, 0.2) is 0 Å². The lowest BCUT2D eigenvalue weighted by Gasteiger charge is -2.47. The fourth-order valence-corrected chi connectivity index (χ4v) is 6.26. The van der Waals surface area contributed by atoms with Crippen molar-refractivity contribution in [1.82, 2.24) is 0 Å². The molecule has 2 heteroatoms. The minimum Gasteiger partial charge on any atom is -0.327 e. The molecule has 158 valence electrons. The molecule has 4 unspecified atom stereocenters. The van der Waals surface area contributed by atoms with Crippen LogP contribution in [0.15, 0.2) is 50.6 Å². The molecule has 4 N–H and O–H groups in total. The molecule has 0 spiro atoms. The molecule has 0 aliphatic heterocycles. The number of allylic oxidation sites excluding steroid dienone is 4. The lowest BCUT2D eigenvalue weighted by Crippen LogP contribution is -2.48. The van der Waals surface area contributed by atoms with Crippen molar-refractivity contribution in [3.05, 3.63) is 50.6 Å². The molecule has 0 aromatic heterocycles. The molecule has 0 aromatic carbocycles. The third-order valence-corrected chi connectivity index (χ3v) is 7.96. The van der Waals surface area contributed by atoms with E-state index in [9.17, 15) is 0 Å². The summed E-state index contributed by atoms with van der Waals surface area (Å²) in [7, 11) is 0. The maximum Gasteiger partial charge on any atom is 0.0102 e. The third-order valence-electron chi connectivity index (χ3n) is 7.96. The topological polar surface area (TPSA) is 52.0 Å². The second-order valence-corrected chi connectivity index (χ2v) is 9.61. The van der Waals surface area contributed by atoms with Crippen molar-refractivity contribution in [2.75, 3.05) is 0 Å². The van der Waals surface area contributed by atoms with E-state index in [0.717, 1.165) is 37.5 Å².